The maximum Gasteiger partial charge on any atom is 0.254 e. The van der Waals surface area contributed by atoms with Crippen molar-refractivity contribution in [2.75, 3.05) is 24.3 Å². The summed E-state index contributed by atoms with van der Waals surface area (Å²) in [6.07, 6.45) is 4.52. The Morgan fingerprint density at radius 3 is 2.50 bits per heavy atom. The van der Waals surface area contributed by atoms with Crippen molar-refractivity contribution in [3.63, 3.8) is 0 Å². The van der Waals surface area contributed by atoms with Crippen molar-refractivity contribution in [1.29, 1.82) is 0 Å². The van der Waals surface area contributed by atoms with Crippen LogP contribution >= 0.6 is 0 Å². The highest BCUT2D eigenvalue weighted by molar-refractivity contribution is 6.09. The summed E-state index contributed by atoms with van der Waals surface area (Å²) in [6, 6.07) is 11.7. The van der Waals surface area contributed by atoms with Crippen molar-refractivity contribution < 1.29 is 9.59 Å². The molecular formula is C26H30N4O2. The second-order valence-corrected chi connectivity index (χ2v) is 9.61. The lowest BCUT2D eigenvalue weighted by Gasteiger charge is -2.39. The first-order valence-electron chi connectivity index (χ1n) is 10.9. The van der Waals surface area contributed by atoms with Crippen LogP contribution in [0.15, 0.2) is 71.3 Å². The fourth-order valence-electron chi connectivity index (χ4n) is 4.67. The average molecular weight is 431 g/mol. The smallest absolute Gasteiger partial charge is 0.254 e. The van der Waals surface area contributed by atoms with Gasteiger partial charge < -0.3 is 15.5 Å². The highest BCUT2D eigenvalue weighted by Gasteiger charge is 2.42. The highest BCUT2D eigenvalue weighted by atomic mass is 16.2. The summed E-state index contributed by atoms with van der Waals surface area (Å²) in [5.41, 5.74) is 5.50. The van der Waals surface area contributed by atoms with E-state index in [-0.39, 0.29) is 17.1 Å². The van der Waals surface area contributed by atoms with E-state index in [0.717, 1.165) is 29.1 Å². The molecule has 2 aromatic rings. The number of Topliss-reactive ketones (excluding diaryl/α,β-unsaturated/α-hetero) is 1. The predicted octanol–water partition coefficient (Wildman–Crippen LogP) is 4.39. The first-order valence-corrected chi connectivity index (χ1v) is 10.9. The van der Waals surface area contributed by atoms with E-state index in [9.17, 15) is 9.59 Å². The molecule has 1 atom stereocenters. The van der Waals surface area contributed by atoms with Crippen LogP contribution in [-0.2, 0) is 9.59 Å². The van der Waals surface area contributed by atoms with E-state index in [0.29, 0.717) is 23.3 Å². The van der Waals surface area contributed by atoms with Crippen LogP contribution in [-0.4, -0.2) is 30.8 Å². The van der Waals surface area contributed by atoms with Crippen LogP contribution in [0.3, 0.4) is 0 Å². The third kappa shape index (κ3) is 4.17. The van der Waals surface area contributed by atoms with Gasteiger partial charge in [0.05, 0.1) is 11.9 Å². The average Bonchev–Trinajstić information content (AvgIpc) is 2.72. The van der Waals surface area contributed by atoms with Gasteiger partial charge >= 0.3 is 0 Å². The van der Waals surface area contributed by atoms with Gasteiger partial charge in [-0.25, -0.2) is 0 Å². The number of hydrogen-bond acceptors (Lipinski definition) is 5. The van der Waals surface area contributed by atoms with Gasteiger partial charge in [-0.3, -0.25) is 14.6 Å². The quantitative estimate of drug-likeness (QED) is 0.753. The highest BCUT2D eigenvalue weighted by Crippen LogP contribution is 2.46. The molecule has 0 saturated carbocycles. The number of anilines is 2. The molecule has 1 aromatic carbocycles. The van der Waals surface area contributed by atoms with Gasteiger partial charge in [0, 0.05) is 60.9 Å². The van der Waals surface area contributed by atoms with Gasteiger partial charge in [-0.15, -0.1) is 0 Å². The molecule has 0 radical (unpaired) electrons. The number of allylic oxidation sites excluding steroid dienone is 3. The second-order valence-electron chi connectivity index (χ2n) is 9.61. The number of nitrogens with zero attached hydrogens (tertiary/aromatic N) is 2. The molecule has 32 heavy (non-hydrogen) atoms. The zero-order valence-electron chi connectivity index (χ0n) is 19.3. The fourth-order valence-corrected chi connectivity index (χ4v) is 4.67. The van der Waals surface area contributed by atoms with Gasteiger partial charge in [-0.2, -0.15) is 0 Å². The minimum absolute atomic E-state index is 0.101. The molecule has 0 bridgehead atoms. The lowest BCUT2D eigenvalue weighted by atomic mass is 9.68. The van der Waals surface area contributed by atoms with Crippen molar-refractivity contribution >= 4 is 23.1 Å². The number of carbonyl (C=O) groups excluding carboxylic acids is 2. The minimum Gasteiger partial charge on any atom is -0.378 e. The number of pyridine rings is 1. The Balaban J connectivity index is 1.80. The van der Waals surface area contributed by atoms with Gasteiger partial charge in [0.2, 0.25) is 0 Å². The van der Waals surface area contributed by atoms with E-state index in [1.54, 1.807) is 24.5 Å². The maximum atomic E-state index is 13.5. The fraction of sp³-hybridized carbons (Fsp3) is 0.346. The third-order valence-electron chi connectivity index (χ3n) is 6.15. The molecule has 2 N–H and O–H groups in total. The number of rotatable bonds is 4. The van der Waals surface area contributed by atoms with Crippen LogP contribution in [0.4, 0.5) is 11.4 Å². The third-order valence-corrected chi connectivity index (χ3v) is 6.15. The molecule has 0 saturated heterocycles. The topological polar surface area (TPSA) is 74.3 Å². The Labute approximate surface area is 189 Å². The summed E-state index contributed by atoms with van der Waals surface area (Å²) in [7, 11) is 3.98. The molecule has 6 heteroatoms. The number of benzene rings is 1. The van der Waals surface area contributed by atoms with E-state index in [2.05, 4.69) is 29.5 Å². The molecule has 2 aliphatic rings. The first kappa shape index (κ1) is 21.8. The summed E-state index contributed by atoms with van der Waals surface area (Å²) < 4.78 is 0. The van der Waals surface area contributed by atoms with E-state index in [4.69, 9.17) is 0 Å². The number of nitrogens with one attached hydrogen (secondary N) is 2. The molecule has 166 valence electrons. The van der Waals surface area contributed by atoms with Crippen LogP contribution in [0.1, 0.15) is 45.1 Å². The SMILES string of the molecule is CC1=C(C(=O)Nc2cccnc2)C(c2ccc(N(C)C)cc2)C2=C(CC(C)(C)CC2=O)N1. The van der Waals surface area contributed by atoms with Gasteiger partial charge in [-0.1, -0.05) is 26.0 Å². The van der Waals surface area contributed by atoms with Gasteiger partial charge in [0.15, 0.2) is 5.78 Å². The van der Waals surface area contributed by atoms with Crippen LogP contribution in [0.25, 0.3) is 0 Å². The summed E-state index contributed by atoms with van der Waals surface area (Å²) in [6.45, 7) is 6.14. The van der Waals surface area contributed by atoms with Gasteiger partial charge in [0.1, 0.15) is 0 Å². The molecule has 1 aliphatic heterocycles. The normalized spacial score (nSPS) is 19.9. The van der Waals surface area contributed by atoms with E-state index in [1.165, 1.54) is 0 Å². The Kier molecular flexibility index (Phi) is 5.63. The van der Waals surface area contributed by atoms with Gasteiger partial charge in [0.25, 0.3) is 5.91 Å². The Hall–Kier alpha value is -3.41. The number of aromatic nitrogens is 1. The lowest BCUT2D eigenvalue weighted by molar-refractivity contribution is -0.118. The molecule has 1 amide bonds. The van der Waals surface area contributed by atoms with Crippen LogP contribution < -0.4 is 15.5 Å². The van der Waals surface area contributed by atoms with Crippen molar-refractivity contribution in [3.05, 3.63) is 76.9 Å². The van der Waals surface area contributed by atoms with E-state index in [1.807, 2.05) is 50.2 Å². The molecule has 1 aliphatic carbocycles. The summed E-state index contributed by atoms with van der Waals surface area (Å²) >= 11 is 0. The first-order chi connectivity index (χ1) is 15.2. The number of hydrogen-bond donors (Lipinski definition) is 2. The zero-order chi connectivity index (χ0) is 23.0. The van der Waals surface area contributed by atoms with Crippen molar-refractivity contribution in [1.82, 2.24) is 10.3 Å². The number of dihydropyridines is 1. The lowest BCUT2D eigenvalue weighted by Crippen LogP contribution is -2.39. The number of carbonyl (C=O) groups is 2. The van der Waals surface area contributed by atoms with Crippen LogP contribution in [0.2, 0.25) is 0 Å². The van der Waals surface area contributed by atoms with Crippen LogP contribution in [0, 0.1) is 5.41 Å². The Morgan fingerprint density at radius 1 is 1.16 bits per heavy atom. The van der Waals surface area contributed by atoms with Crippen LogP contribution in [0.5, 0.6) is 0 Å². The van der Waals surface area contributed by atoms with Gasteiger partial charge in [-0.05, 0) is 48.6 Å². The number of amides is 1. The zero-order valence-corrected chi connectivity index (χ0v) is 19.3. The molecule has 0 spiro atoms. The summed E-state index contributed by atoms with van der Waals surface area (Å²) in [5, 5.41) is 6.36. The summed E-state index contributed by atoms with van der Waals surface area (Å²) in [4.78, 5) is 32.9. The van der Waals surface area contributed by atoms with E-state index < -0.39 is 5.92 Å². The van der Waals surface area contributed by atoms with Crippen molar-refractivity contribution in [3.8, 4) is 0 Å². The number of ketones is 1. The molecular weight excluding hydrogens is 400 g/mol. The largest absolute Gasteiger partial charge is 0.378 e. The van der Waals surface area contributed by atoms with Crippen molar-refractivity contribution in [2.45, 2.75) is 39.5 Å². The monoisotopic (exact) mass is 430 g/mol. The van der Waals surface area contributed by atoms with E-state index >= 15 is 0 Å². The molecule has 2 heterocycles. The molecule has 1 unspecified atom stereocenters. The molecule has 4 rings (SSSR count). The summed E-state index contributed by atoms with van der Waals surface area (Å²) in [5.74, 6) is -0.541. The molecule has 0 fully saturated rings. The molecule has 6 nitrogen and oxygen atoms in total. The molecule has 1 aromatic heterocycles. The predicted molar refractivity (Wildman–Crippen MR) is 127 cm³/mol. The minimum atomic E-state index is -0.414. The Morgan fingerprint density at radius 2 is 1.88 bits per heavy atom. The second kappa shape index (κ2) is 8.26. The Bertz CT molecular complexity index is 1110. The van der Waals surface area contributed by atoms with Crippen molar-refractivity contribution in [2.24, 2.45) is 5.41 Å². The standard InChI is InChI=1S/C26H30N4O2/c1-16-22(25(32)29-18-7-6-12-27-15-18)23(17-8-10-19(11-9-17)30(4)5)24-20(28-16)13-26(2,3)14-21(24)31/h6-12,15,23,28H,13-14H2,1-5H3,(H,29,32). The maximum absolute atomic E-state index is 13.5.